The van der Waals surface area contributed by atoms with Crippen molar-refractivity contribution >= 4 is 16.9 Å². The number of carboxylic acids is 1. The van der Waals surface area contributed by atoms with Crippen molar-refractivity contribution in [1.29, 1.82) is 0 Å². The molecule has 0 radical (unpaired) electrons. The number of fused-ring (bicyclic) bond motifs is 1. The van der Waals surface area contributed by atoms with Gasteiger partial charge in [-0.15, -0.1) is 0 Å². The summed E-state index contributed by atoms with van der Waals surface area (Å²) in [5.74, 6) is -0.558. The van der Waals surface area contributed by atoms with Crippen molar-refractivity contribution in [3.8, 4) is 11.5 Å². The van der Waals surface area contributed by atoms with E-state index in [1.807, 2.05) is 0 Å². The Labute approximate surface area is 84.9 Å². The van der Waals surface area contributed by atoms with Gasteiger partial charge in [-0.25, -0.2) is 4.79 Å². The molecular weight excluding hydrogens is 198 g/mol. The number of hydrogen-bond acceptors (Lipinski definition) is 3. The van der Waals surface area contributed by atoms with Gasteiger partial charge in [0.2, 0.25) is 0 Å². The Balaban J connectivity index is 2.77. The van der Waals surface area contributed by atoms with Crippen molar-refractivity contribution < 1.29 is 19.7 Å². The highest BCUT2D eigenvalue weighted by atomic mass is 16.5. The summed E-state index contributed by atoms with van der Waals surface area (Å²) in [6.45, 7) is 0. The molecule has 0 saturated carbocycles. The van der Waals surface area contributed by atoms with Crippen LogP contribution in [0.25, 0.3) is 10.9 Å². The first-order chi connectivity index (χ1) is 7.13. The van der Waals surface area contributed by atoms with E-state index in [0.29, 0.717) is 16.7 Å². The number of ether oxygens (including phenoxy) is 1. The predicted molar refractivity (Wildman–Crippen MR) is 53.5 cm³/mol. The van der Waals surface area contributed by atoms with Crippen LogP contribution in [0.2, 0.25) is 0 Å². The van der Waals surface area contributed by atoms with Gasteiger partial charge in [-0.05, 0) is 18.2 Å². The normalized spacial score (nSPS) is 10.5. The summed E-state index contributed by atoms with van der Waals surface area (Å²) in [4.78, 5) is 13.4. The van der Waals surface area contributed by atoms with Crippen LogP contribution in [-0.4, -0.2) is 28.3 Å². The summed E-state index contributed by atoms with van der Waals surface area (Å²) in [5, 5.41) is 18.7. The standard InChI is InChI=1S/C10H9NO4/c1-15-8-3-2-7(12)5-4-6(10(13)14)11-9(5)8/h2-4,11-12H,1H3,(H,13,14). The third kappa shape index (κ3) is 1.38. The fourth-order valence-electron chi connectivity index (χ4n) is 1.46. The molecule has 15 heavy (non-hydrogen) atoms. The highest BCUT2D eigenvalue weighted by Crippen LogP contribution is 2.32. The average molecular weight is 207 g/mol. The highest BCUT2D eigenvalue weighted by molar-refractivity contribution is 5.98. The van der Waals surface area contributed by atoms with E-state index < -0.39 is 5.97 Å². The van der Waals surface area contributed by atoms with Gasteiger partial charge in [0.1, 0.15) is 17.2 Å². The molecule has 0 aliphatic carbocycles. The van der Waals surface area contributed by atoms with Gasteiger partial charge in [0.25, 0.3) is 0 Å². The molecule has 0 fully saturated rings. The average Bonchev–Trinajstić information content (AvgIpc) is 2.64. The molecule has 0 amide bonds. The van der Waals surface area contributed by atoms with Crippen molar-refractivity contribution in [2.24, 2.45) is 0 Å². The van der Waals surface area contributed by atoms with Gasteiger partial charge in [-0.3, -0.25) is 0 Å². The second-order valence-corrected chi connectivity index (χ2v) is 3.06. The van der Waals surface area contributed by atoms with E-state index in [0.717, 1.165) is 0 Å². The van der Waals surface area contributed by atoms with Crippen LogP contribution in [0, 0.1) is 0 Å². The Bertz CT molecular complexity index is 529. The van der Waals surface area contributed by atoms with Crippen molar-refractivity contribution in [2.45, 2.75) is 0 Å². The van der Waals surface area contributed by atoms with Gasteiger partial charge in [0, 0.05) is 5.39 Å². The lowest BCUT2D eigenvalue weighted by Gasteiger charge is -2.01. The molecule has 2 rings (SSSR count). The molecule has 0 unspecified atom stereocenters. The van der Waals surface area contributed by atoms with Crippen LogP contribution in [0.4, 0.5) is 0 Å². The third-order valence-electron chi connectivity index (χ3n) is 2.18. The van der Waals surface area contributed by atoms with Gasteiger partial charge in [-0.1, -0.05) is 0 Å². The number of aromatic amines is 1. The van der Waals surface area contributed by atoms with Crippen molar-refractivity contribution in [2.75, 3.05) is 7.11 Å². The molecule has 0 aliphatic rings. The Kier molecular flexibility index (Phi) is 2.00. The van der Waals surface area contributed by atoms with Crippen LogP contribution in [0.3, 0.4) is 0 Å². The Morgan fingerprint density at radius 1 is 1.47 bits per heavy atom. The predicted octanol–water partition coefficient (Wildman–Crippen LogP) is 1.58. The number of carbonyl (C=O) groups is 1. The maximum absolute atomic E-state index is 10.7. The highest BCUT2D eigenvalue weighted by Gasteiger charge is 2.13. The topological polar surface area (TPSA) is 82.6 Å². The van der Waals surface area contributed by atoms with Crippen molar-refractivity contribution in [3.63, 3.8) is 0 Å². The first kappa shape index (κ1) is 9.39. The lowest BCUT2D eigenvalue weighted by atomic mass is 10.2. The van der Waals surface area contributed by atoms with Crippen LogP contribution < -0.4 is 4.74 Å². The van der Waals surface area contributed by atoms with E-state index in [2.05, 4.69) is 4.98 Å². The second-order valence-electron chi connectivity index (χ2n) is 3.06. The molecule has 5 heteroatoms. The molecule has 1 heterocycles. The van der Waals surface area contributed by atoms with E-state index in [9.17, 15) is 9.90 Å². The van der Waals surface area contributed by atoms with Gasteiger partial charge in [0.15, 0.2) is 0 Å². The smallest absolute Gasteiger partial charge is 0.352 e. The van der Waals surface area contributed by atoms with E-state index in [-0.39, 0.29) is 11.4 Å². The van der Waals surface area contributed by atoms with Crippen LogP contribution >= 0.6 is 0 Å². The van der Waals surface area contributed by atoms with E-state index in [1.165, 1.54) is 19.2 Å². The monoisotopic (exact) mass is 207 g/mol. The lowest BCUT2D eigenvalue weighted by Crippen LogP contribution is -1.95. The second kappa shape index (κ2) is 3.20. The van der Waals surface area contributed by atoms with E-state index in [1.54, 1.807) is 6.07 Å². The van der Waals surface area contributed by atoms with Crippen molar-refractivity contribution in [3.05, 3.63) is 23.9 Å². The number of aromatic nitrogens is 1. The largest absolute Gasteiger partial charge is 0.507 e. The minimum Gasteiger partial charge on any atom is -0.507 e. The zero-order valence-electron chi connectivity index (χ0n) is 7.94. The summed E-state index contributed by atoms with van der Waals surface area (Å²) in [6.07, 6.45) is 0. The number of rotatable bonds is 2. The Hall–Kier alpha value is -2.17. The number of benzene rings is 1. The molecule has 2 aromatic rings. The quantitative estimate of drug-likeness (QED) is 0.698. The van der Waals surface area contributed by atoms with Crippen molar-refractivity contribution in [1.82, 2.24) is 4.98 Å². The summed E-state index contributed by atoms with van der Waals surface area (Å²) < 4.78 is 5.04. The number of methoxy groups -OCH3 is 1. The number of aromatic carboxylic acids is 1. The zero-order chi connectivity index (χ0) is 11.0. The maximum Gasteiger partial charge on any atom is 0.352 e. The molecule has 5 nitrogen and oxygen atoms in total. The number of hydrogen-bond donors (Lipinski definition) is 3. The minimum atomic E-state index is -1.08. The first-order valence-corrected chi connectivity index (χ1v) is 4.25. The summed E-state index contributed by atoms with van der Waals surface area (Å²) in [6, 6.07) is 4.40. The van der Waals surface area contributed by atoms with Crippen LogP contribution in [-0.2, 0) is 0 Å². The van der Waals surface area contributed by atoms with Crippen LogP contribution in [0.1, 0.15) is 10.5 Å². The van der Waals surface area contributed by atoms with E-state index >= 15 is 0 Å². The number of phenolic OH excluding ortho intramolecular Hbond substituents is 1. The Morgan fingerprint density at radius 2 is 2.20 bits per heavy atom. The van der Waals surface area contributed by atoms with Crippen LogP contribution in [0.5, 0.6) is 11.5 Å². The molecule has 0 saturated heterocycles. The van der Waals surface area contributed by atoms with Gasteiger partial charge in [-0.2, -0.15) is 0 Å². The zero-order valence-corrected chi connectivity index (χ0v) is 7.94. The minimum absolute atomic E-state index is 0.0183. The molecule has 3 N–H and O–H groups in total. The molecular formula is C10H9NO4. The fourth-order valence-corrected chi connectivity index (χ4v) is 1.46. The Morgan fingerprint density at radius 3 is 2.80 bits per heavy atom. The van der Waals surface area contributed by atoms with E-state index in [4.69, 9.17) is 9.84 Å². The molecule has 0 bridgehead atoms. The molecule has 1 aromatic carbocycles. The number of phenols is 1. The number of nitrogens with one attached hydrogen (secondary N) is 1. The summed E-state index contributed by atoms with van der Waals surface area (Å²) in [5.41, 5.74) is 0.500. The number of H-pyrrole nitrogens is 1. The molecule has 0 aliphatic heterocycles. The number of carboxylic acid groups (broad SMARTS) is 1. The summed E-state index contributed by atoms with van der Waals surface area (Å²) >= 11 is 0. The molecule has 0 atom stereocenters. The van der Waals surface area contributed by atoms with Gasteiger partial charge >= 0.3 is 5.97 Å². The lowest BCUT2D eigenvalue weighted by molar-refractivity contribution is 0.0691. The van der Waals surface area contributed by atoms with Gasteiger partial charge in [0.05, 0.1) is 12.6 Å². The molecule has 78 valence electrons. The first-order valence-electron chi connectivity index (χ1n) is 4.25. The number of aromatic hydroxyl groups is 1. The molecule has 0 spiro atoms. The molecule has 1 aromatic heterocycles. The van der Waals surface area contributed by atoms with Crippen LogP contribution in [0.15, 0.2) is 18.2 Å². The third-order valence-corrected chi connectivity index (χ3v) is 2.18. The fraction of sp³-hybridized carbons (Fsp3) is 0.100. The van der Waals surface area contributed by atoms with Gasteiger partial charge < -0.3 is 19.9 Å². The summed E-state index contributed by atoms with van der Waals surface area (Å²) in [7, 11) is 1.48. The maximum atomic E-state index is 10.7. The SMILES string of the molecule is COc1ccc(O)c2cc(C(=O)O)[nH]c12.